The van der Waals surface area contributed by atoms with Crippen molar-refractivity contribution in [3.8, 4) is 0 Å². The van der Waals surface area contributed by atoms with Crippen LogP contribution in [0.25, 0.3) is 0 Å². The predicted octanol–water partition coefficient (Wildman–Crippen LogP) is 2.92. The summed E-state index contributed by atoms with van der Waals surface area (Å²) in [5.41, 5.74) is 3.04. The average Bonchev–Trinajstić information content (AvgIpc) is 2.61. The molecule has 1 fully saturated rings. The van der Waals surface area contributed by atoms with Crippen molar-refractivity contribution < 1.29 is 0 Å². The molecule has 0 aliphatic carbocycles. The van der Waals surface area contributed by atoms with Crippen LogP contribution >= 0.6 is 0 Å². The van der Waals surface area contributed by atoms with Crippen molar-refractivity contribution in [3.05, 3.63) is 29.8 Å². The molecule has 2 heteroatoms. The third-order valence-electron chi connectivity index (χ3n) is 4.70. The number of benzene rings is 1. The molecule has 1 saturated heterocycles. The van der Waals surface area contributed by atoms with Crippen LogP contribution in [0.15, 0.2) is 24.3 Å². The lowest BCUT2D eigenvalue weighted by atomic mass is 10.1. The van der Waals surface area contributed by atoms with E-state index in [4.69, 9.17) is 0 Å². The van der Waals surface area contributed by atoms with Crippen LogP contribution in [0.3, 0.4) is 0 Å². The van der Waals surface area contributed by atoms with Gasteiger partial charge in [0.1, 0.15) is 0 Å². The summed E-state index contributed by atoms with van der Waals surface area (Å²) in [6.45, 7) is 8.41. The zero-order valence-corrected chi connectivity index (χ0v) is 11.6. The third kappa shape index (κ3) is 2.03. The Morgan fingerprint density at radius 2 is 2.11 bits per heavy atom. The highest BCUT2D eigenvalue weighted by Crippen LogP contribution is 2.33. The molecule has 0 amide bonds. The first-order valence-electron chi connectivity index (χ1n) is 7.38. The molecule has 98 valence electrons. The van der Waals surface area contributed by atoms with Gasteiger partial charge in [0.25, 0.3) is 0 Å². The minimum atomic E-state index is 0.707. The first kappa shape index (κ1) is 12.0. The molecule has 2 atom stereocenters. The molecule has 2 heterocycles. The molecule has 3 rings (SSSR count). The predicted molar refractivity (Wildman–Crippen MR) is 77.2 cm³/mol. The van der Waals surface area contributed by atoms with Crippen molar-refractivity contribution in [1.29, 1.82) is 0 Å². The maximum absolute atomic E-state index is 2.69. The van der Waals surface area contributed by atoms with Crippen molar-refractivity contribution in [2.45, 2.75) is 45.2 Å². The number of nitrogens with zero attached hydrogens (tertiary/aromatic N) is 2. The van der Waals surface area contributed by atoms with E-state index in [1.165, 1.54) is 44.6 Å². The molecule has 1 aromatic carbocycles. The van der Waals surface area contributed by atoms with Crippen molar-refractivity contribution in [3.63, 3.8) is 0 Å². The molecule has 18 heavy (non-hydrogen) atoms. The summed E-state index contributed by atoms with van der Waals surface area (Å²) in [6.07, 6.45) is 3.80. The second kappa shape index (κ2) is 4.93. The summed E-state index contributed by atoms with van der Waals surface area (Å²) in [5, 5.41) is 0. The summed E-state index contributed by atoms with van der Waals surface area (Å²) < 4.78 is 0. The van der Waals surface area contributed by atoms with Gasteiger partial charge in [-0.3, -0.25) is 4.90 Å². The molecular formula is C16H24N2. The number of para-hydroxylation sites is 1. The largest absolute Gasteiger partial charge is 0.367 e. The van der Waals surface area contributed by atoms with Gasteiger partial charge in [-0.2, -0.15) is 0 Å². The molecule has 0 aromatic heterocycles. The highest BCUT2D eigenvalue weighted by molar-refractivity contribution is 5.59. The first-order chi connectivity index (χ1) is 8.79. The zero-order valence-electron chi connectivity index (χ0n) is 11.6. The highest BCUT2D eigenvalue weighted by Gasteiger charge is 2.32. The Labute approximate surface area is 111 Å². The van der Waals surface area contributed by atoms with Gasteiger partial charge in [0.2, 0.25) is 0 Å². The molecule has 0 bridgehead atoms. The van der Waals surface area contributed by atoms with Crippen molar-refractivity contribution in [2.75, 3.05) is 24.5 Å². The van der Waals surface area contributed by atoms with Gasteiger partial charge < -0.3 is 4.90 Å². The first-order valence-corrected chi connectivity index (χ1v) is 7.38. The lowest BCUT2D eigenvalue weighted by molar-refractivity contribution is 0.204. The normalized spacial score (nSPS) is 25.4. The number of hydrogen-bond acceptors (Lipinski definition) is 2. The van der Waals surface area contributed by atoms with E-state index in [1.807, 2.05) is 0 Å². The van der Waals surface area contributed by atoms with E-state index in [1.54, 1.807) is 5.56 Å². The molecule has 0 spiro atoms. The van der Waals surface area contributed by atoms with Crippen LogP contribution in [-0.4, -0.2) is 36.6 Å². The second-order valence-electron chi connectivity index (χ2n) is 5.79. The summed E-state index contributed by atoms with van der Waals surface area (Å²) >= 11 is 0. The van der Waals surface area contributed by atoms with E-state index in [-0.39, 0.29) is 0 Å². The van der Waals surface area contributed by atoms with Gasteiger partial charge in [0, 0.05) is 37.4 Å². The Kier molecular flexibility index (Phi) is 3.29. The van der Waals surface area contributed by atoms with Gasteiger partial charge in [0.05, 0.1) is 0 Å². The summed E-state index contributed by atoms with van der Waals surface area (Å²) in [7, 11) is 0. The van der Waals surface area contributed by atoms with E-state index in [2.05, 4.69) is 47.9 Å². The molecule has 2 aliphatic heterocycles. The second-order valence-corrected chi connectivity index (χ2v) is 5.79. The maximum atomic E-state index is 2.69. The van der Waals surface area contributed by atoms with E-state index in [0.29, 0.717) is 6.04 Å². The molecule has 2 aliphatic rings. The number of rotatable bonds is 2. The van der Waals surface area contributed by atoms with Crippen LogP contribution in [0.5, 0.6) is 0 Å². The van der Waals surface area contributed by atoms with Crippen LogP contribution in [-0.2, 0) is 6.42 Å². The highest BCUT2D eigenvalue weighted by atomic mass is 15.3. The molecule has 0 N–H and O–H groups in total. The lowest BCUT2D eigenvalue weighted by Crippen LogP contribution is -2.42. The summed E-state index contributed by atoms with van der Waals surface area (Å²) in [6, 6.07) is 10.4. The van der Waals surface area contributed by atoms with E-state index in [9.17, 15) is 0 Å². The van der Waals surface area contributed by atoms with Gasteiger partial charge in [-0.1, -0.05) is 25.1 Å². The monoisotopic (exact) mass is 244 g/mol. The van der Waals surface area contributed by atoms with E-state index < -0.39 is 0 Å². The Balaban J connectivity index is 1.80. The minimum absolute atomic E-state index is 0.707. The van der Waals surface area contributed by atoms with E-state index in [0.717, 1.165) is 6.04 Å². The van der Waals surface area contributed by atoms with Crippen LogP contribution in [0.1, 0.15) is 32.3 Å². The van der Waals surface area contributed by atoms with Gasteiger partial charge in [0.15, 0.2) is 0 Å². The summed E-state index contributed by atoms with van der Waals surface area (Å²) in [4.78, 5) is 5.34. The fraction of sp³-hybridized carbons (Fsp3) is 0.625. The maximum Gasteiger partial charge on any atom is 0.0458 e. The molecule has 1 aromatic rings. The number of hydrogen-bond donors (Lipinski definition) is 0. The fourth-order valence-corrected chi connectivity index (χ4v) is 3.46. The molecule has 2 nitrogen and oxygen atoms in total. The van der Waals surface area contributed by atoms with Crippen molar-refractivity contribution in [2.24, 2.45) is 0 Å². The van der Waals surface area contributed by atoms with Gasteiger partial charge in [-0.25, -0.2) is 0 Å². The zero-order chi connectivity index (χ0) is 12.5. The smallest absolute Gasteiger partial charge is 0.0458 e. The Morgan fingerprint density at radius 1 is 1.28 bits per heavy atom. The van der Waals surface area contributed by atoms with Gasteiger partial charge in [-0.15, -0.1) is 0 Å². The quantitative estimate of drug-likeness (QED) is 0.789. The fourth-order valence-electron chi connectivity index (χ4n) is 3.46. The molecule has 0 radical (unpaired) electrons. The number of fused-ring (bicyclic) bond motifs is 3. The standard InChI is InChI=1S/C16H24N2/c1-3-13(2)17-9-6-10-18-15(12-17)11-14-7-4-5-8-16(14)18/h4-5,7-8,13,15H,3,6,9-12H2,1-2H3. The van der Waals surface area contributed by atoms with Crippen LogP contribution < -0.4 is 4.90 Å². The topological polar surface area (TPSA) is 6.48 Å². The summed E-state index contributed by atoms with van der Waals surface area (Å²) in [5.74, 6) is 0. The van der Waals surface area contributed by atoms with E-state index >= 15 is 0 Å². The van der Waals surface area contributed by atoms with Gasteiger partial charge in [-0.05, 0) is 37.8 Å². The Bertz CT molecular complexity index is 415. The van der Waals surface area contributed by atoms with Crippen LogP contribution in [0.2, 0.25) is 0 Å². The SMILES string of the molecule is CCC(C)N1CCCN2c3ccccc3CC2C1. The number of anilines is 1. The average molecular weight is 244 g/mol. The van der Waals surface area contributed by atoms with Crippen molar-refractivity contribution >= 4 is 5.69 Å². The molecule has 0 saturated carbocycles. The lowest BCUT2D eigenvalue weighted by Gasteiger charge is -2.30. The van der Waals surface area contributed by atoms with Gasteiger partial charge >= 0.3 is 0 Å². The Hall–Kier alpha value is -1.02. The Morgan fingerprint density at radius 3 is 2.94 bits per heavy atom. The van der Waals surface area contributed by atoms with Crippen LogP contribution in [0, 0.1) is 0 Å². The van der Waals surface area contributed by atoms with Crippen LogP contribution in [0.4, 0.5) is 5.69 Å². The third-order valence-corrected chi connectivity index (χ3v) is 4.70. The molecular weight excluding hydrogens is 220 g/mol. The minimum Gasteiger partial charge on any atom is -0.367 e. The molecule has 2 unspecified atom stereocenters. The van der Waals surface area contributed by atoms with Crippen molar-refractivity contribution in [1.82, 2.24) is 4.90 Å².